The summed E-state index contributed by atoms with van der Waals surface area (Å²) in [6.45, 7) is 3.96. The van der Waals surface area contributed by atoms with Crippen LogP contribution in [-0.2, 0) is 6.42 Å². The van der Waals surface area contributed by atoms with Crippen LogP contribution < -0.4 is 10.2 Å². The first kappa shape index (κ1) is 17.4. The van der Waals surface area contributed by atoms with Gasteiger partial charge in [-0.15, -0.1) is 0 Å². The van der Waals surface area contributed by atoms with Gasteiger partial charge in [-0.1, -0.05) is 18.5 Å². The highest BCUT2D eigenvalue weighted by atomic mass is 35.5. The Balaban J connectivity index is 1.44. The number of hydrogen-bond donors (Lipinski definition) is 2. The molecule has 6 heterocycles. The van der Waals surface area contributed by atoms with Crippen LogP contribution in [0.1, 0.15) is 12.6 Å². The van der Waals surface area contributed by atoms with Crippen LogP contribution in [0.15, 0.2) is 34.7 Å². The second-order valence-electron chi connectivity index (χ2n) is 7.28. The zero-order valence-corrected chi connectivity index (χ0v) is 17.1. The molecule has 4 aromatic heterocycles. The summed E-state index contributed by atoms with van der Waals surface area (Å²) in [5.41, 5.74) is 3.15. The Kier molecular flexibility index (Phi) is 3.90. The number of rotatable bonds is 4. The Morgan fingerprint density at radius 2 is 2.00 bits per heavy atom. The maximum atomic E-state index is 6.68. The molecule has 0 aromatic carbocycles. The molecule has 2 aliphatic rings. The molecule has 146 valence electrons. The largest absolute Gasteiger partial charge is 0.353 e. The fraction of sp³-hybridized carbons (Fsp3) is 0.316. The Bertz CT molecular complexity index is 1250. The van der Waals surface area contributed by atoms with Crippen LogP contribution in [0.3, 0.4) is 0 Å². The van der Waals surface area contributed by atoms with Crippen molar-refractivity contribution in [2.24, 2.45) is 0 Å². The summed E-state index contributed by atoms with van der Waals surface area (Å²) in [5.74, 6) is 0.904. The van der Waals surface area contributed by atoms with Gasteiger partial charge in [-0.3, -0.25) is 4.98 Å². The van der Waals surface area contributed by atoms with Gasteiger partial charge < -0.3 is 15.2 Å². The van der Waals surface area contributed by atoms with E-state index in [1.165, 1.54) is 11.8 Å². The third kappa shape index (κ3) is 2.92. The number of H-pyrrole nitrogens is 1. The fourth-order valence-electron chi connectivity index (χ4n) is 3.89. The Hall–Kier alpha value is -2.49. The third-order valence-electron chi connectivity index (χ3n) is 5.42. The van der Waals surface area contributed by atoms with E-state index in [1.54, 1.807) is 18.6 Å². The lowest BCUT2D eigenvalue weighted by Gasteiger charge is -2.20. The minimum atomic E-state index is 0.558. The highest BCUT2D eigenvalue weighted by Gasteiger charge is 2.45. The summed E-state index contributed by atoms with van der Waals surface area (Å²) in [6, 6.07) is 3.08. The second-order valence-corrected chi connectivity index (χ2v) is 8.70. The van der Waals surface area contributed by atoms with Gasteiger partial charge in [0.05, 0.1) is 10.4 Å². The molecule has 10 heteroatoms. The van der Waals surface area contributed by atoms with E-state index in [2.05, 4.69) is 37.1 Å². The number of halogens is 1. The highest BCUT2D eigenvalue weighted by Crippen LogP contribution is 2.39. The van der Waals surface area contributed by atoms with E-state index in [0.717, 1.165) is 57.5 Å². The predicted octanol–water partition coefficient (Wildman–Crippen LogP) is 2.82. The van der Waals surface area contributed by atoms with Crippen molar-refractivity contribution in [3.05, 3.63) is 35.4 Å². The van der Waals surface area contributed by atoms with Crippen molar-refractivity contribution in [1.82, 2.24) is 35.2 Å². The van der Waals surface area contributed by atoms with Crippen molar-refractivity contribution >= 4 is 51.4 Å². The SMILES string of the molecule is CCc1[nH]c2nc(Sc3cnc4nccnc4c3)nc(N3CC4NC4C3)c2c1Cl. The number of piperazine rings is 1. The van der Waals surface area contributed by atoms with Crippen LogP contribution >= 0.6 is 23.4 Å². The first-order valence-corrected chi connectivity index (χ1v) is 10.7. The van der Waals surface area contributed by atoms with Crippen LogP contribution in [0, 0.1) is 0 Å². The number of anilines is 1. The summed E-state index contributed by atoms with van der Waals surface area (Å²) >= 11 is 8.15. The second kappa shape index (κ2) is 6.51. The van der Waals surface area contributed by atoms with Gasteiger partial charge in [0, 0.05) is 54.4 Å². The van der Waals surface area contributed by atoms with Gasteiger partial charge in [-0.2, -0.15) is 0 Å². The zero-order valence-electron chi connectivity index (χ0n) is 15.6. The van der Waals surface area contributed by atoms with Gasteiger partial charge in [-0.25, -0.2) is 19.9 Å². The first-order valence-electron chi connectivity index (χ1n) is 9.53. The van der Waals surface area contributed by atoms with Crippen molar-refractivity contribution in [2.45, 2.75) is 35.5 Å². The van der Waals surface area contributed by atoms with E-state index in [1.807, 2.05) is 6.07 Å². The lowest BCUT2D eigenvalue weighted by molar-refractivity contribution is 0.798. The van der Waals surface area contributed by atoms with E-state index < -0.39 is 0 Å². The number of aryl methyl sites for hydroxylation is 1. The fourth-order valence-corrected chi connectivity index (χ4v) is 5.00. The van der Waals surface area contributed by atoms with Crippen molar-refractivity contribution in [1.29, 1.82) is 0 Å². The molecule has 2 saturated heterocycles. The van der Waals surface area contributed by atoms with E-state index in [0.29, 0.717) is 22.9 Å². The summed E-state index contributed by atoms with van der Waals surface area (Å²) < 4.78 is 0. The monoisotopic (exact) mass is 424 g/mol. The maximum Gasteiger partial charge on any atom is 0.196 e. The van der Waals surface area contributed by atoms with E-state index in [-0.39, 0.29) is 0 Å². The molecule has 29 heavy (non-hydrogen) atoms. The van der Waals surface area contributed by atoms with E-state index >= 15 is 0 Å². The van der Waals surface area contributed by atoms with Crippen LogP contribution in [0.5, 0.6) is 0 Å². The van der Waals surface area contributed by atoms with Gasteiger partial charge in [-0.05, 0) is 24.2 Å². The number of hydrogen-bond acceptors (Lipinski definition) is 8. The average Bonchev–Trinajstić information content (AvgIpc) is 3.21. The van der Waals surface area contributed by atoms with Gasteiger partial charge >= 0.3 is 0 Å². The highest BCUT2D eigenvalue weighted by molar-refractivity contribution is 7.99. The van der Waals surface area contributed by atoms with Crippen LogP contribution in [0.4, 0.5) is 5.82 Å². The molecule has 8 nitrogen and oxygen atoms in total. The molecule has 0 aliphatic carbocycles. The summed E-state index contributed by atoms with van der Waals surface area (Å²) in [6.07, 6.45) is 5.90. The number of nitrogens with zero attached hydrogens (tertiary/aromatic N) is 6. The molecule has 2 atom stereocenters. The van der Waals surface area contributed by atoms with E-state index in [9.17, 15) is 0 Å². The number of aromatic nitrogens is 6. The molecule has 2 N–H and O–H groups in total. The van der Waals surface area contributed by atoms with Crippen molar-refractivity contribution in [2.75, 3.05) is 18.0 Å². The van der Waals surface area contributed by atoms with Crippen molar-refractivity contribution in [3.8, 4) is 0 Å². The first-order chi connectivity index (χ1) is 14.2. The van der Waals surface area contributed by atoms with Crippen LogP contribution in [0.2, 0.25) is 5.02 Å². The molecular weight excluding hydrogens is 408 g/mol. The minimum absolute atomic E-state index is 0.558. The topological polar surface area (TPSA) is 105 Å². The minimum Gasteiger partial charge on any atom is -0.353 e. The molecule has 2 unspecified atom stereocenters. The molecule has 0 spiro atoms. The standard InChI is InChI=1S/C19H17ClN8S/c1-2-10-15(20)14-17(25-10)26-19(27-18(14)28-7-12-13(8-28)24-12)29-9-5-11-16(23-6-9)22-4-3-21-11/h3-6,12-13,24H,2,7-8H2,1H3,(H,25,26,27). The van der Waals surface area contributed by atoms with Crippen molar-refractivity contribution < 1.29 is 0 Å². The Labute approximate surface area is 175 Å². The normalized spacial score (nSPS) is 20.6. The van der Waals surface area contributed by atoms with Gasteiger partial charge in [0.15, 0.2) is 10.8 Å². The summed E-state index contributed by atoms with van der Waals surface area (Å²) in [5, 5.41) is 5.77. The van der Waals surface area contributed by atoms with Crippen LogP contribution in [-0.4, -0.2) is 55.1 Å². The Morgan fingerprint density at radius 3 is 2.83 bits per heavy atom. The quantitative estimate of drug-likeness (QED) is 0.380. The van der Waals surface area contributed by atoms with Crippen molar-refractivity contribution in [3.63, 3.8) is 0 Å². The molecule has 2 fully saturated rings. The zero-order chi connectivity index (χ0) is 19.5. The lowest BCUT2D eigenvalue weighted by atomic mass is 10.3. The molecule has 0 amide bonds. The molecule has 6 rings (SSSR count). The molecule has 0 bridgehead atoms. The predicted molar refractivity (Wildman–Crippen MR) is 113 cm³/mol. The summed E-state index contributed by atoms with van der Waals surface area (Å²) in [7, 11) is 0. The smallest absolute Gasteiger partial charge is 0.196 e. The maximum absolute atomic E-state index is 6.68. The average molecular weight is 425 g/mol. The summed E-state index contributed by atoms with van der Waals surface area (Å²) in [4.78, 5) is 29.2. The molecule has 0 radical (unpaired) electrons. The van der Waals surface area contributed by atoms with Gasteiger partial charge in [0.1, 0.15) is 17.0 Å². The lowest BCUT2D eigenvalue weighted by Crippen LogP contribution is -2.28. The molecule has 4 aromatic rings. The number of aromatic amines is 1. The van der Waals surface area contributed by atoms with Gasteiger partial charge in [0.2, 0.25) is 0 Å². The Morgan fingerprint density at radius 1 is 1.17 bits per heavy atom. The number of fused-ring (bicyclic) bond motifs is 3. The van der Waals surface area contributed by atoms with E-state index in [4.69, 9.17) is 21.6 Å². The van der Waals surface area contributed by atoms with Gasteiger partial charge in [0.25, 0.3) is 0 Å². The number of nitrogens with one attached hydrogen (secondary N) is 2. The molecule has 0 saturated carbocycles. The third-order valence-corrected chi connectivity index (χ3v) is 6.66. The van der Waals surface area contributed by atoms with Crippen LogP contribution in [0.25, 0.3) is 22.2 Å². The molecule has 2 aliphatic heterocycles. The number of pyridine rings is 1. The molecular formula is C19H17ClN8S.